The minimum Gasteiger partial charge on any atom is -0.481 e. The molecule has 0 unspecified atom stereocenters. The van der Waals surface area contributed by atoms with Gasteiger partial charge in [0.2, 0.25) is 53.2 Å². The molecule has 30 heteroatoms. The zero-order chi connectivity index (χ0) is 49.8. The van der Waals surface area contributed by atoms with Crippen LogP contribution in [0.5, 0.6) is 0 Å². The Morgan fingerprint density at radius 3 is 1.02 bits per heavy atom. The van der Waals surface area contributed by atoms with E-state index in [1.165, 1.54) is 0 Å². The fourth-order valence-corrected chi connectivity index (χ4v) is 6.39. The molecule has 19 N–H and O–H groups in total. The first-order chi connectivity index (χ1) is 30.6. The van der Waals surface area contributed by atoms with E-state index < -0.39 is 139 Å². The summed E-state index contributed by atoms with van der Waals surface area (Å²) in [6.07, 6.45) is -0.323. The highest BCUT2D eigenvalue weighted by molar-refractivity contribution is 7.80. The number of thiol groups is 4. The van der Waals surface area contributed by atoms with Gasteiger partial charge in [-0.1, -0.05) is 0 Å². The summed E-state index contributed by atoms with van der Waals surface area (Å²) in [5, 5.41) is 46.4. The average molecular weight is 1000 g/mol. The van der Waals surface area contributed by atoms with Gasteiger partial charge in [0.1, 0.15) is 48.3 Å². The Bertz CT molecular complexity index is 1650. The first-order valence-corrected chi connectivity index (χ1v) is 22.5. The second kappa shape index (κ2) is 33.0. The summed E-state index contributed by atoms with van der Waals surface area (Å²) in [5.41, 5.74) is 21.9. The molecule has 0 aliphatic heterocycles. The van der Waals surface area contributed by atoms with Crippen LogP contribution >= 0.6 is 50.5 Å². The van der Waals surface area contributed by atoms with E-state index in [0.717, 1.165) is 0 Å². The number of nitrogens with two attached hydrogens (primary N) is 4. The van der Waals surface area contributed by atoms with Gasteiger partial charge in [0.15, 0.2) is 0 Å². The van der Waals surface area contributed by atoms with Gasteiger partial charge >= 0.3 is 11.9 Å². The SMILES string of the molecule is NCCCC[C@H](NC(=O)[C@H](CCCCN)NC(=O)[C@H](CS)NC(=O)[C@H](CS)NC(=O)[C@H](CS)NC(=O)[C@H](CS)NC(=O)[C@@H](N)CC(N)=O)C(=O)N[C@@H](CC(=O)O)C(=O)N[C@@H](CO)C(=O)O. The van der Waals surface area contributed by atoms with Gasteiger partial charge in [0.25, 0.3) is 0 Å². The molecule has 0 aliphatic rings. The van der Waals surface area contributed by atoms with E-state index >= 15 is 0 Å². The number of carbonyl (C=O) groups excluding carboxylic acids is 9. The average Bonchev–Trinajstić information content (AvgIpc) is 3.25. The zero-order valence-corrected chi connectivity index (χ0v) is 38.8. The number of carboxylic acids is 2. The molecule has 65 heavy (non-hydrogen) atoms. The van der Waals surface area contributed by atoms with E-state index in [4.69, 9.17) is 22.9 Å². The molecule has 9 atom stereocenters. The number of amides is 9. The molecule has 0 spiro atoms. The van der Waals surface area contributed by atoms with Crippen molar-refractivity contribution in [3.05, 3.63) is 0 Å². The Morgan fingerprint density at radius 2 is 0.723 bits per heavy atom. The topological polar surface area (TPSA) is 449 Å². The molecule has 0 radical (unpaired) electrons. The van der Waals surface area contributed by atoms with Gasteiger partial charge < -0.3 is 80.8 Å². The number of aliphatic hydroxyl groups excluding tert-OH is 1. The van der Waals surface area contributed by atoms with Gasteiger partial charge in [-0.05, 0) is 51.6 Å². The molecular weight excluding hydrogens is 941 g/mol. The van der Waals surface area contributed by atoms with Crippen molar-refractivity contribution in [3.63, 3.8) is 0 Å². The number of rotatable bonds is 34. The molecule has 9 amide bonds. The van der Waals surface area contributed by atoms with Gasteiger partial charge in [-0.3, -0.25) is 47.9 Å². The summed E-state index contributed by atoms with van der Waals surface area (Å²) in [5.74, 6) is -13.0. The molecule has 0 fully saturated rings. The van der Waals surface area contributed by atoms with Crippen LogP contribution in [0.1, 0.15) is 51.4 Å². The lowest BCUT2D eigenvalue weighted by molar-refractivity contribution is -0.144. The number of nitrogens with one attached hydrogen (secondary N) is 8. The Hall–Kier alpha value is -4.59. The molecular formula is C35H62N12O14S4. The van der Waals surface area contributed by atoms with Crippen LogP contribution in [-0.4, -0.2) is 178 Å². The maximum absolute atomic E-state index is 13.8. The first kappa shape index (κ1) is 60.4. The third-order valence-corrected chi connectivity index (χ3v) is 10.4. The Kier molecular flexibility index (Phi) is 30.6. The van der Waals surface area contributed by atoms with Crippen molar-refractivity contribution in [1.82, 2.24) is 42.5 Å². The van der Waals surface area contributed by atoms with Gasteiger partial charge in [-0.25, -0.2) is 4.79 Å². The highest BCUT2D eigenvalue weighted by atomic mass is 32.1. The third-order valence-electron chi connectivity index (χ3n) is 8.99. The van der Waals surface area contributed by atoms with Crippen molar-refractivity contribution in [2.45, 2.75) is 106 Å². The number of unbranched alkanes of at least 4 members (excludes halogenated alkanes) is 2. The summed E-state index contributed by atoms with van der Waals surface area (Å²) < 4.78 is 0. The molecule has 0 aromatic rings. The number of aliphatic carboxylic acids is 2. The van der Waals surface area contributed by atoms with Crippen LogP contribution < -0.4 is 65.5 Å². The monoisotopic (exact) mass is 1000 g/mol. The van der Waals surface area contributed by atoms with Crippen molar-refractivity contribution in [2.75, 3.05) is 42.7 Å². The summed E-state index contributed by atoms with van der Waals surface area (Å²) in [6.45, 7) is -0.645. The number of carboxylic acid groups (broad SMARTS) is 2. The fraction of sp³-hybridized carbons (Fsp3) is 0.686. The molecule has 0 rings (SSSR count). The van der Waals surface area contributed by atoms with Crippen LogP contribution in [-0.2, 0) is 52.7 Å². The Labute approximate surface area is 396 Å². The molecule has 26 nitrogen and oxygen atoms in total. The molecule has 0 aromatic carbocycles. The Balaban J connectivity index is 6.12. The number of aliphatic hydroxyl groups is 1. The molecule has 0 bridgehead atoms. The van der Waals surface area contributed by atoms with E-state index in [9.17, 15) is 68.1 Å². The van der Waals surface area contributed by atoms with E-state index in [-0.39, 0.29) is 61.8 Å². The summed E-state index contributed by atoms with van der Waals surface area (Å²) in [4.78, 5) is 139. The molecule has 370 valence electrons. The lowest BCUT2D eigenvalue weighted by Gasteiger charge is -2.27. The quantitative estimate of drug-likeness (QED) is 0.0210. The van der Waals surface area contributed by atoms with Crippen LogP contribution in [0.3, 0.4) is 0 Å². The summed E-state index contributed by atoms with van der Waals surface area (Å²) >= 11 is 16.4. The smallest absolute Gasteiger partial charge is 0.328 e. The largest absolute Gasteiger partial charge is 0.481 e. The van der Waals surface area contributed by atoms with Crippen LogP contribution in [0.25, 0.3) is 0 Å². The lowest BCUT2D eigenvalue weighted by Crippen LogP contribution is -2.61. The van der Waals surface area contributed by atoms with Gasteiger partial charge in [0, 0.05) is 23.0 Å². The van der Waals surface area contributed by atoms with Crippen molar-refractivity contribution in [3.8, 4) is 0 Å². The lowest BCUT2D eigenvalue weighted by atomic mass is 10.0. The molecule has 0 aliphatic carbocycles. The predicted molar refractivity (Wildman–Crippen MR) is 245 cm³/mol. The first-order valence-electron chi connectivity index (χ1n) is 20.0. The van der Waals surface area contributed by atoms with Crippen molar-refractivity contribution in [1.29, 1.82) is 0 Å². The maximum Gasteiger partial charge on any atom is 0.328 e. The van der Waals surface area contributed by atoms with Crippen molar-refractivity contribution < 1.29 is 68.1 Å². The van der Waals surface area contributed by atoms with Gasteiger partial charge in [-0.15, -0.1) is 0 Å². The molecule has 0 saturated carbocycles. The highest BCUT2D eigenvalue weighted by Gasteiger charge is 2.34. The van der Waals surface area contributed by atoms with Gasteiger partial charge in [-0.2, -0.15) is 50.5 Å². The molecule has 0 aromatic heterocycles. The van der Waals surface area contributed by atoms with Crippen LogP contribution in [0.4, 0.5) is 0 Å². The minimum absolute atomic E-state index is 0.0367. The van der Waals surface area contributed by atoms with Crippen LogP contribution in [0.2, 0.25) is 0 Å². The van der Waals surface area contributed by atoms with Crippen LogP contribution in [0, 0.1) is 0 Å². The standard InChI is InChI=1S/C35H62N12O14S4/c36-7-3-1-5-17(28(53)40-18(6-2-4-8-37)29(54)42-19(10-26(50)51)30(55)43-20(11-48)35(60)61)41-31(56)22(13-63)45-33(58)24(15-65)47-34(59)23(14-64)46-32(57)21(12-62)44-27(52)16(38)9-25(39)49/h16-24,48,62-65H,1-15,36-38H2,(H2,39,49)(H,40,53)(H,41,56)(H,42,54)(H,43,55)(H,44,52)(H,45,58)(H,46,57)(H,47,59)(H,50,51)(H,60,61)/t16-,17-,18-,19-,20-,21-,22-,23-,24-/m0/s1. The van der Waals surface area contributed by atoms with Gasteiger partial charge in [0.05, 0.1) is 25.5 Å². The highest BCUT2D eigenvalue weighted by Crippen LogP contribution is 2.08. The summed E-state index contributed by atoms with van der Waals surface area (Å²) in [6, 6.07) is -13.4. The van der Waals surface area contributed by atoms with E-state index in [1.54, 1.807) is 0 Å². The maximum atomic E-state index is 13.8. The number of hydrogen-bond donors (Lipinski definition) is 19. The Morgan fingerprint density at radius 1 is 0.431 bits per heavy atom. The van der Waals surface area contributed by atoms with Crippen molar-refractivity contribution >= 4 is 116 Å². The van der Waals surface area contributed by atoms with E-state index in [0.29, 0.717) is 12.8 Å². The molecule has 0 saturated heterocycles. The number of carbonyl (C=O) groups is 11. The molecule has 0 heterocycles. The van der Waals surface area contributed by atoms with Crippen molar-refractivity contribution in [2.24, 2.45) is 22.9 Å². The predicted octanol–water partition coefficient (Wildman–Crippen LogP) is -7.40. The fourth-order valence-electron chi connectivity index (χ4n) is 5.36. The minimum atomic E-state index is -1.85. The zero-order valence-electron chi connectivity index (χ0n) is 35.2. The second-order valence-corrected chi connectivity index (χ2v) is 15.6. The van der Waals surface area contributed by atoms with Crippen LogP contribution in [0.15, 0.2) is 0 Å². The second-order valence-electron chi connectivity index (χ2n) is 14.2. The van der Waals surface area contributed by atoms with E-state index in [2.05, 4.69) is 87.7 Å². The van der Waals surface area contributed by atoms with E-state index in [1.807, 2.05) is 5.32 Å². The normalized spacial score (nSPS) is 15.1. The number of hydrogen-bond acceptors (Lipinski definition) is 19. The third kappa shape index (κ3) is 23.4. The summed E-state index contributed by atoms with van der Waals surface area (Å²) in [7, 11) is 0. The number of primary amides is 1.